The Hall–Kier alpha value is -4.41. The summed E-state index contributed by atoms with van der Waals surface area (Å²) in [5.41, 5.74) is 6.52. The van der Waals surface area contributed by atoms with E-state index in [-0.39, 0.29) is 25.5 Å². The third kappa shape index (κ3) is 6.83. The van der Waals surface area contributed by atoms with E-state index < -0.39 is 21.8 Å². The second-order valence-corrected chi connectivity index (χ2v) is 19.6. The summed E-state index contributed by atoms with van der Waals surface area (Å²) >= 11 is 0. The molecule has 5 aromatic carbocycles. The van der Waals surface area contributed by atoms with Gasteiger partial charge in [-0.15, -0.1) is 53.6 Å². The zero-order valence-corrected chi connectivity index (χ0v) is 32.4. The Morgan fingerprint density at radius 2 is 1.52 bits per heavy atom. The SMILES string of the molecule is [2H]C([2H])([2H])c1c[c-]c(-c2cc(C(C)(C)C)ccn2)cc1.[2H]C([2H])([2H])c1cnc(-c2[c-]ccc3c2oc2c3ccc3ccc4ccccc4c32)cc1[Si](C)(C)C.[Ir]. The molecule has 0 spiro atoms. The van der Waals surface area contributed by atoms with Gasteiger partial charge in [0.05, 0.1) is 13.7 Å². The topological polar surface area (TPSA) is 38.9 Å². The molecule has 0 saturated heterocycles. The Balaban J connectivity index is 0.000000217. The van der Waals surface area contributed by atoms with E-state index in [0.29, 0.717) is 16.8 Å². The third-order valence-electron chi connectivity index (χ3n) is 8.99. The molecule has 3 aromatic heterocycles. The Bertz CT molecular complexity index is 2710. The number of fused-ring (bicyclic) bond motifs is 7. The van der Waals surface area contributed by atoms with Gasteiger partial charge in [0.25, 0.3) is 0 Å². The van der Waals surface area contributed by atoms with Crippen LogP contribution in [0.15, 0.2) is 114 Å². The van der Waals surface area contributed by atoms with Crippen molar-refractivity contribution < 1.29 is 32.7 Å². The van der Waals surface area contributed by atoms with Gasteiger partial charge in [0, 0.05) is 51.5 Å². The largest absolute Gasteiger partial charge is 0.500 e. The van der Waals surface area contributed by atoms with Gasteiger partial charge in [-0.1, -0.05) is 124 Å². The van der Waals surface area contributed by atoms with Crippen molar-refractivity contribution >= 4 is 56.7 Å². The molecular weight excluding hydrogens is 805 g/mol. The molecule has 50 heavy (non-hydrogen) atoms. The van der Waals surface area contributed by atoms with Crippen molar-refractivity contribution in [3.05, 3.63) is 138 Å². The Labute approximate surface area is 318 Å². The predicted octanol–water partition coefficient (Wildman–Crippen LogP) is 11.8. The van der Waals surface area contributed by atoms with E-state index in [1.165, 1.54) is 23.2 Å². The minimum atomic E-state index is -2.20. The van der Waals surface area contributed by atoms with Crippen molar-refractivity contribution in [2.45, 2.75) is 59.5 Å². The molecule has 0 aliphatic heterocycles. The van der Waals surface area contributed by atoms with Crippen LogP contribution in [0.3, 0.4) is 0 Å². The number of benzene rings is 5. The fourth-order valence-corrected chi connectivity index (χ4v) is 7.76. The molecule has 1 radical (unpaired) electrons. The van der Waals surface area contributed by atoms with Crippen molar-refractivity contribution in [2.24, 2.45) is 0 Å². The van der Waals surface area contributed by atoms with Gasteiger partial charge >= 0.3 is 0 Å². The smallest absolute Gasteiger partial charge is 0.129 e. The molecule has 3 heterocycles. The molecule has 0 aliphatic rings. The summed E-state index contributed by atoms with van der Waals surface area (Å²) in [7, 11) is -1.96. The number of rotatable bonds is 3. The van der Waals surface area contributed by atoms with Gasteiger partial charge < -0.3 is 14.4 Å². The normalized spacial score (nSPS) is 14.1. The average Bonchev–Trinajstić information content (AvgIpc) is 3.53. The standard InChI is InChI=1S/C29H24NOSi.C16H18N.Ir/c1-18-17-30-25(16-26(18)32(2,3)4)24-11-7-10-22-23-15-14-20-13-12-19-8-5-6-9-21(19)27(20)29(23)31-28(22)24;1-12-5-7-13(8-6-12)15-11-14(9-10-17-15)16(2,3)4;/h5-10,12-17H,1-4H3;5-7,9-11H,1-4H3;/q2*-1;/i2*1D3;. The maximum atomic E-state index is 8.01. The molecule has 0 amide bonds. The molecule has 3 nitrogen and oxygen atoms in total. The zero-order valence-electron chi connectivity index (χ0n) is 35.0. The van der Waals surface area contributed by atoms with E-state index in [0.717, 1.165) is 60.1 Å². The van der Waals surface area contributed by atoms with Crippen LogP contribution >= 0.6 is 0 Å². The van der Waals surface area contributed by atoms with Gasteiger partial charge in [0.2, 0.25) is 0 Å². The first-order chi connectivity index (χ1) is 25.8. The maximum Gasteiger partial charge on any atom is 0.129 e. The summed E-state index contributed by atoms with van der Waals surface area (Å²) in [5, 5.41) is 7.48. The Morgan fingerprint density at radius 1 is 0.740 bits per heavy atom. The first kappa shape index (κ1) is 28.3. The molecule has 0 bridgehead atoms. The number of hydrogen-bond acceptors (Lipinski definition) is 3. The van der Waals surface area contributed by atoms with Crippen LogP contribution in [0.5, 0.6) is 0 Å². The zero-order chi connectivity index (χ0) is 39.5. The van der Waals surface area contributed by atoms with Crippen LogP contribution in [0, 0.1) is 25.8 Å². The number of pyridine rings is 2. The molecule has 8 aromatic rings. The molecular formula is C45H42IrN2OSi-2. The monoisotopic (exact) mass is 853 g/mol. The summed E-state index contributed by atoms with van der Waals surface area (Å²) in [6.07, 6.45) is 3.30. The van der Waals surface area contributed by atoms with Crippen LogP contribution in [0.1, 0.15) is 45.7 Å². The summed E-state index contributed by atoms with van der Waals surface area (Å²) in [6.45, 7) is 8.62. The van der Waals surface area contributed by atoms with E-state index in [1.54, 1.807) is 18.3 Å². The summed E-state index contributed by atoms with van der Waals surface area (Å²) in [5.74, 6) is 0. The van der Waals surface area contributed by atoms with Gasteiger partial charge in [-0.2, -0.15) is 0 Å². The second kappa shape index (κ2) is 13.7. The molecule has 253 valence electrons. The molecule has 0 atom stereocenters. The van der Waals surface area contributed by atoms with Crippen LogP contribution in [-0.2, 0) is 25.5 Å². The average molecular weight is 853 g/mol. The molecule has 0 fully saturated rings. The second-order valence-electron chi connectivity index (χ2n) is 14.6. The molecule has 0 aliphatic carbocycles. The van der Waals surface area contributed by atoms with Gasteiger partial charge in [0.15, 0.2) is 0 Å². The van der Waals surface area contributed by atoms with Crippen LogP contribution in [-0.4, -0.2) is 18.0 Å². The summed E-state index contributed by atoms with van der Waals surface area (Å²) < 4.78 is 52.7. The van der Waals surface area contributed by atoms with E-state index in [9.17, 15) is 0 Å². The third-order valence-corrected chi connectivity index (χ3v) is 11.0. The van der Waals surface area contributed by atoms with Gasteiger partial charge in [-0.25, -0.2) is 0 Å². The number of aromatic nitrogens is 2. The fraction of sp³-hybridized carbons (Fsp3) is 0.200. The van der Waals surface area contributed by atoms with Crippen LogP contribution in [0.2, 0.25) is 19.6 Å². The molecule has 0 unspecified atom stereocenters. The van der Waals surface area contributed by atoms with Gasteiger partial charge in [0.1, 0.15) is 5.58 Å². The van der Waals surface area contributed by atoms with Crippen molar-refractivity contribution in [2.75, 3.05) is 0 Å². The van der Waals surface area contributed by atoms with Crippen LogP contribution < -0.4 is 5.19 Å². The number of nitrogens with zero attached hydrogens (tertiary/aromatic N) is 2. The van der Waals surface area contributed by atoms with Gasteiger partial charge in [-0.05, 0) is 57.0 Å². The Morgan fingerprint density at radius 3 is 2.26 bits per heavy atom. The Kier molecular flexibility index (Phi) is 7.76. The molecule has 8 rings (SSSR count). The van der Waals surface area contributed by atoms with Crippen molar-refractivity contribution in [1.82, 2.24) is 9.97 Å². The molecule has 0 N–H and O–H groups in total. The fourth-order valence-electron chi connectivity index (χ4n) is 6.32. The van der Waals surface area contributed by atoms with E-state index in [1.807, 2.05) is 36.4 Å². The van der Waals surface area contributed by atoms with Crippen molar-refractivity contribution in [3.63, 3.8) is 0 Å². The summed E-state index contributed by atoms with van der Waals surface area (Å²) in [6, 6.07) is 38.0. The predicted molar refractivity (Wildman–Crippen MR) is 210 cm³/mol. The number of hydrogen-bond donors (Lipinski definition) is 0. The maximum absolute atomic E-state index is 8.01. The van der Waals surface area contributed by atoms with Crippen molar-refractivity contribution in [3.8, 4) is 22.5 Å². The minimum absolute atomic E-state index is 0. The number of aryl methyl sites for hydroxylation is 2. The first-order valence-electron chi connectivity index (χ1n) is 19.5. The van der Waals surface area contributed by atoms with Crippen molar-refractivity contribution in [1.29, 1.82) is 0 Å². The van der Waals surface area contributed by atoms with E-state index in [2.05, 4.69) is 105 Å². The van der Waals surface area contributed by atoms with Crippen LogP contribution in [0.4, 0.5) is 0 Å². The molecule has 0 saturated carbocycles. The van der Waals surface area contributed by atoms with Gasteiger partial charge in [-0.3, -0.25) is 0 Å². The minimum Gasteiger partial charge on any atom is -0.500 e. The number of furan rings is 1. The summed E-state index contributed by atoms with van der Waals surface area (Å²) in [4.78, 5) is 8.94. The van der Waals surface area contributed by atoms with E-state index in [4.69, 9.17) is 12.6 Å². The van der Waals surface area contributed by atoms with Crippen LogP contribution in [0.25, 0.3) is 66.0 Å². The first-order valence-corrected chi connectivity index (χ1v) is 20.0. The van der Waals surface area contributed by atoms with E-state index >= 15 is 0 Å². The quantitative estimate of drug-likeness (QED) is 0.101. The molecule has 5 heteroatoms.